The fourth-order valence-electron chi connectivity index (χ4n) is 3.71. The van der Waals surface area contributed by atoms with Crippen LogP contribution < -0.4 is 10.2 Å². The lowest BCUT2D eigenvalue weighted by atomic mass is 9.85. The van der Waals surface area contributed by atoms with Gasteiger partial charge in [0, 0.05) is 24.8 Å². The monoisotopic (exact) mass is 278 g/mol. The van der Waals surface area contributed by atoms with Gasteiger partial charge in [0.2, 0.25) is 0 Å². The summed E-state index contributed by atoms with van der Waals surface area (Å²) in [6, 6.07) is 7.47. The van der Waals surface area contributed by atoms with Crippen LogP contribution in [-0.4, -0.2) is 26.2 Å². The van der Waals surface area contributed by atoms with E-state index < -0.39 is 0 Å². The standard InChI is InChI=1S/C17H27FN2/c1-5-20(15-8-6-7-14(18)11-15)12-13-9-10-17(2,3)16(13)19-4/h6-8,11,13,16,19H,5,9-10,12H2,1-4H3. The van der Waals surface area contributed by atoms with Crippen LogP contribution in [0.15, 0.2) is 24.3 Å². The number of hydrogen-bond acceptors (Lipinski definition) is 2. The predicted octanol–water partition coefficient (Wildman–Crippen LogP) is 3.68. The molecule has 1 aliphatic rings. The Hall–Kier alpha value is -1.09. The van der Waals surface area contributed by atoms with Crippen LogP contribution in [0.5, 0.6) is 0 Å². The van der Waals surface area contributed by atoms with Crippen molar-refractivity contribution in [2.24, 2.45) is 11.3 Å². The Labute approximate surface area is 122 Å². The molecule has 0 spiro atoms. The van der Waals surface area contributed by atoms with Crippen molar-refractivity contribution in [3.8, 4) is 0 Å². The van der Waals surface area contributed by atoms with Crippen molar-refractivity contribution in [1.82, 2.24) is 5.32 Å². The maximum absolute atomic E-state index is 13.4. The Morgan fingerprint density at radius 3 is 2.75 bits per heavy atom. The fourth-order valence-corrected chi connectivity index (χ4v) is 3.71. The second-order valence-corrected chi connectivity index (χ2v) is 6.57. The largest absolute Gasteiger partial charge is 0.371 e. The van der Waals surface area contributed by atoms with Crippen LogP contribution in [0.4, 0.5) is 10.1 Å². The number of halogens is 1. The second kappa shape index (κ2) is 6.13. The molecular formula is C17H27FN2. The molecule has 1 aromatic rings. The lowest BCUT2D eigenvalue weighted by Crippen LogP contribution is -2.44. The minimum Gasteiger partial charge on any atom is -0.371 e. The third kappa shape index (κ3) is 3.14. The van der Waals surface area contributed by atoms with Gasteiger partial charge >= 0.3 is 0 Å². The Morgan fingerprint density at radius 2 is 2.15 bits per heavy atom. The van der Waals surface area contributed by atoms with Crippen molar-refractivity contribution >= 4 is 5.69 Å². The summed E-state index contributed by atoms with van der Waals surface area (Å²) in [4.78, 5) is 2.29. The molecule has 0 saturated heterocycles. The quantitative estimate of drug-likeness (QED) is 0.884. The maximum atomic E-state index is 13.4. The number of anilines is 1. The first-order valence-electron chi connectivity index (χ1n) is 7.65. The zero-order chi connectivity index (χ0) is 14.8. The Morgan fingerprint density at radius 1 is 1.40 bits per heavy atom. The van der Waals surface area contributed by atoms with Gasteiger partial charge in [0.15, 0.2) is 0 Å². The normalized spacial score (nSPS) is 24.9. The molecule has 0 aromatic heterocycles. The zero-order valence-electron chi connectivity index (χ0n) is 13.1. The lowest BCUT2D eigenvalue weighted by Gasteiger charge is -2.34. The van der Waals surface area contributed by atoms with Gasteiger partial charge in [-0.3, -0.25) is 0 Å². The number of nitrogens with zero attached hydrogens (tertiary/aromatic N) is 1. The second-order valence-electron chi connectivity index (χ2n) is 6.57. The molecule has 3 heteroatoms. The first-order chi connectivity index (χ1) is 9.47. The fraction of sp³-hybridized carbons (Fsp3) is 0.647. The molecule has 0 radical (unpaired) electrons. The minimum atomic E-state index is -0.155. The summed E-state index contributed by atoms with van der Waals surface area (Å²) < 4.78 is 13.4. The van der Waals surface area contributed by atoms with E-state index in [1.165, 1.54) is 18.9 Å². The third-order valence-corrected chi connectivity index (χ3v) is 4.79. The number of benzene rings is 1. The van der Waals surface area contributed by atoms with Crippen LogP contribution >= 0.6 is 0 Å². The van der Waals surface area contributed by atoms with Crippen molar-refractivity contribution < 1.29 is 4.39 Å². The maximum Gasteiger partial charge on any atom is 0.125 e. The molecule has 0 heterocycles. The third-order valence-electron chi connectivity index (χ3n) is 4.79. The van der Waals surface area contributed by atoms with Gasteiger partial charge in [0.25, 0.3) is 0 Å². The Balaban J connectivity index is 2.11. The molecule has 1 N–H and O–H groups in total. The van der Waals surface area contributed by atoms with Gasteiger partial charge in [-0.05, 0) is 56.3 Å². The molecule has 1 fully saturated rings. The first-order valence-corrected chi connectivity index (χ1v) is 7.65. The van der Waals surface area contributed by atoms with E-state index in [0.29, 0.717) is 17.4 Å². The van der Waals surface area contributed by atoms with Crippen LogP contribution in [0.1, 0.15) is 33.6 Å². The highest BCUT2D eigenvalue weighted by molar-refractivity contribution is 5.46. The molecule has 0 aliphatic heterocycles. The van der Waals surface area contributed by atoms with Crippen LogP contribution in [0.3, 0.4) is 0 Å². The Kier molecular flexibility index (Phi) is 4.69. The average molecular weight is 278 g/mol. The highest BCUT2D eigenvalue weighted by atomic mass is 19.1. The molecular weight excluding hydrogens is 251 g/mol. The van der Waals surface area contributed by atoms with Crippen LogP contribution in [0.2, 0.25) is 0 Å². The molecule has 1 saturated carbocycles. The van der Waals surface area contributed by atoms with E-state index in [-0.39, 0.29) is 5.82 Å². The van der Waals surface area contributed by atoms with E-state index >= 15 is 0 Å². The van der Waals surface area contributed by atoms with Crippen LogP contribution in [0.25, 0.3) is 0 Å². The number of hydrogen-bond donors (Lipinski definition) is 1. The highest BCUT2D eigenvalue weighted by Gasteiger charge is 2.41. The summed E-state index contributed by atoms with van der Waals surface area (Å²) >= 11 is 0. The Bertz CT molecular complexity index is 444. The van der Waals surface area contributed by atoms with E-state index in [1.807, 2.05) is 6.07 Å². The highest BCUT2D eigenvalue weighted by Crippen LogP contribution is 2.41. The van der Waals surface area contributed by atoms with E-state index in [2.05, 4.69) is 38.0 Å². The molecule has 2 unspecified atom stereocenters. The van der Waals surface area contributed by atoms with Crippen LogP contribution in [-0.2, 0) is 0 Å². The van der Waals surface area contributed by atoms with E-state index in [0.717, 1.165) is 18.8 Å². The number of rotatable bonds is 5. The summed E-state index contributed by atoms with van der Waals surface area (Å²) in [5.41, 5.74) is 1.34. The molecule has 1 aliphatic carbocycles. The lowest BCUT2D eigenvalue weighted by molar-refractivity contribution is 0.262. The van der Waals surface area contributed by atoms with Gasteiger partial charge in [-0.1, -0.05) is 19.9 Å². The van der Waals surface area contributed by atoms with Crippen molar-refractivity contribution in [3.63, 3.8) is 0 Å². The van der Waals surface area contributed by atoms with Crippen molar-refractivity contribution in [2.45, 2.75) is 39.7 Å². The molecule has 2 nitrogen and oxygen atoms in total. The number of nitrogens with one attached hydrogen (secondary N) is 1. The SMILES string of the molecule is CCN(CC1CCC(C)(C)C1NC)c1cccc(F)c1. The summed E-state index contributed by atoms with van der Waals surface area (Å²) in [6.45, 7) is 8.73. The molecule has 112 valence electrons. The summed E-state index contributed by atoms with van der Waals surface area (Å²) in [6.07, 6.45) is 2.49. The molecule has 0 amide bonds. The van der Waals surface area contributed by atoms with E-state index in [9.17, 15) is 4.39 Å². The molecule has 0 bridgehead atoms. The van der Waals surface area contributed by atoms with Gasteiger partial charge in [-0.2, -0.15) is 0 Å². The first kappa shape index (κ1) is 15.3. The van der Waals surface area contributed by atoms with Crippen molar-refractivity contribution in [3.05, 3.63) is 30.1 Å². The molecule has 20 heavy (non-hydrogen) atoms. The smallest absolute Gasteiger partial charge is 0.125 e. The van der Waals surface area contributed by atoms with Gasteiger partial charge in [0.1, 0.15) is 5.82 Å². The topological polar surface area (TPSA) is 15.3 Å². The van der Waals surface area contributed by atoms with E-state index in [1.54, 1.807) is 12.1 Å². The van der Waals surface area contributed by atoms with Gasteiger partial charge in [-0.15, -0.1) is 0 Å². The van der Waals surface area contributed by atoms with Crippen LogP contribution in [0, 0.1) is 17.2 Å². The predicted molar refractivity (Wildman–Crippen MR) is 83.6 cm³/mol. The zero-order valence-corrected chi connectivity index (χ0v) is 13.1. The summed E-state index contributed by atoms with van der Waals surface area (Å²) in [5, 5.41) is 3.50. The summed E-state index contributed by atoms with van der Waals surface area (Å²) in [5.74, 6) is 0.469. The van der Waals surface area contributed by atoms with E-state index in [4.69, 9.17) is 0 Å². The minimum absolute atomic E-state index is 0.155. The van der Waals surface area contributed by atoms with Gasteiger partial charge in [0.05, 0.1) is 0 Å². The van der Waals surface area contributed by atoms with Gasteiger partial charge in [-0.25, -0.2) is 4.39 Å². The van der Waals surface area contributed by atoms with Crippen molar-refractivity contribution in [1.29, 1.82) is 0 Å². The molecule has 1 aromatic carbocycles. The average Bonchev–Trinajstić information content (AvgIpc) is 2.70. The molecule has 2 atom stereocenters. The van der Waals surface area contributed by atoms with Gasteiger partial charge < -0.3 is 10.2 Å². The summed E-state index contributed by atoms with van der Waals surface area (Å²) in [7, 11) is 2.06. The van der Waals surface area contributed by atoms with Crippen molar-refractivity contribution in [2.75, 3.05) is 25.0 Å². The molecule has 2 rings (SSSR count).